The van der Waals surface area contributed by atoms with Crippen molar-refractivity contribution < 1.29 is 0 Å². The molecular weight excluding hydrogens is 316 g/mol. The maximum absolute atomic E-state index is 6.16. The van der Waals surface area contributed by atoms with Crippen molar-refractivity contribution in [2.45, 2.75) is 10.9 Å². The molecule has 22 heavy (non-hydrogen) atoms. The van der Waals surface area contributed by atoms with Gasteiger partial charge in [-0.1, -0.05) is 59.8 Å². The van der Waals surface area contributed by atoms with Gasteiger partial charge in [-0.3, -0.25) is 0 Å². The minimum Gasteiger partial charge on any atom is -0.338 e. The van der Waals surface area contributed by atoms with E-state index in [0.29, 0.717) is 10.9 Å². The van der Waals surface area contributed by atoms with Crippen molar-refractivity contribution in [3.8, 4) is 0 Å². The largest absolute Gasteiger partial charge is 0.338 e. The molecule has 1 N–H and O–H groups in total. The monoisotopic (exact) mass is 326 g/mol. The third-order valence-electron chi connectivity index (χ3n) is 3.42. The van der Waals surface area contributed by atoms with E-state index in [1.54, 1.807) is 0 Å². The van der Waals surface area contributed by atoms with Crippen LogP contribution in [-0.2, 0) is 5.75 Å². The number of aromatic amines is 1. The maximum atomic E-state index is 6.16. The lowest BCUT2D eigenvalue weighted by molar-refractivity contribution is 0.878. The van der Waals surface area contributed by atoms with E-state index >= 15 is 0 Å². The van der Waals surface area contributed by atoms with Crippen molar-refractivity contribution in [3.05, 3.63) is 59.1 Å². The standard InChI is InChI=1S/C16H11ClN4S/c17-12-7-3-1-5-10(12)9-22-16-19-15-14(20-21-16)11-6-2-4-8-13(11)18-15/h1-8H,9H2,(H,18,19,21). The van der Waals surface area contributed by atoms with Crippen molar-refractivity contribution in [2.24, 2.45) is 0 Å². The number of hydrogen-bond donors (Lipinski definition) is 1. The summed E-state index contributed by atoms with van der Waals surface area (Å²) in [7, 11) is 0. The topological polar surface area (TPSA) is 54.5 Å². The molecule has 2 heterocycles. The van der Waals surface area contributed by atoms with Crippen LogP contribution in [0, 0.1) is 0 Å². The zero-order valence-electron chi connectivity index (χ0n) is 11.5. The highest BCUT2D eigenvalue weighted by Gasteiger charge is 2.09. The van der Waals surface area contributed by atoms with Gasteiger partial charge in [-0.15, -0.1) is 10.2 Å². The number of benzene rings is 2. The Morgan fingerprint density at radius 1 is 1.00 bits per heavy atom. The van der Waals surface area contributed by atoms with E-state index in [-0.39, 0.29) is 0 Å². The normalized spacial score (nSPS) is 11.3. The van der Waals surface area contributed by atoms with Crippen LogP contribution in [0.4, 0.5) is 0 Å². The van der Waals surface area contributed by atoms with Crippen LogP contribution in [0.5, 0.6) is 0 Å². The number of fused-ring (bicyclic) bond motifs is 3. The van der Waals surface area contributed by atoms with Gasteiger partial charge in [0.2, 0.25) is 5.16 Å². The Labute approximate surface area is 135 Å². The Bertz CT molecular complexity index is 967. The van der Waals surface area contributed by atoms with E-state index in [2.05, 4.69) is 20.2 Å². The predicted octanol–water partition coefficient (Wildman–Crippen LogP) is 4.45. The molecule has 4 rings (SSSR count). The fourth-order valence-electron chi connectivity index (χ4n) is 2.32. The molecule has 0 amide bonds. The van der Waals surface area contributed by atoms with E-state index in [4.69, 9.17) is 11.6 Å². The number of nitrogens with zero attached hydrogens (tertiary/aromatic N) is 3. The second-order valence-electron chi connectivity index (χ2n) is 4.84. The van der Waals surface area contributed by atoms with Crippen LogP contribution in [0.25, 0.3) is 22.1 Å². The van der Waals surface area contributed by atoms with Gasteiger partial charge in [0.1, 0.15) is 5.52 Å². The smallest absolute Gasteiger partial charge is 0.211 e. The summed E-state index contributed by atoms with van der Waals surface area (Å²) in [6.45, 7) is 0. The number of aromatic nitrogens is 4. The van der Waals surface area contributed by atoms with Gasteiger partial charge in [-0.25, -0.2) is 4.98 Å². The molecule has 2 aromatic carbocycles. The van der Waals surface area contributed by atoms with Crippen molar-refractivity contribution in [3.63, 3.8) is 0 Å². The Morgan fingerprint density at radius 3 is 2.73 bits per heavy atom. The minimum absolute atomic E-state index is 0.638. The summed E-state index contributed by atoms with van der Waals surface area (Å²) in [5.41, 5.74) is 3.65. The molecule has 0 fully saturated rings. The molecule has 0 unspecified atom stereocenters. The Morgan fingerprint density at radius 2 is 1.82 bits per heavy atom. The first-order chi connectivity index (χ1) is 10.8. The van der Waals surface area contributed by atoms with Crippen LogP contribution in [-0.4, -0.2) is 20.2 Å². The summed E-state index contributed by atoms with van der Waals surface area (Å²) < 4.78 is 0. The van der Waals surface area contributed by atoms with Gasteiger partial charge < -0.3 is 4.98 Å². The predicted molar refractivity (Wildman–Crippen MR) is 90.2 cm³/mol. The molecule has 0 aliphatic carbocycles. The number of nitrogens with one attached hydrogen (secondary N) is 1. The van der Waals surface area contributed by atoms with Gasteiger partial charge in [-0.2, -0.15) is 0 Å². The van der Waals surface area contributed by atoms with E-state index in [0.717, 1.165) is 32.7 Å². The zero-order valence-corrected chi connectivity index (χ0v) is 13.0. The highest BCUT2D eigenvalue weighted by molar-refractivity contribution is 7.98. The molecule has 0 aliphatic rings. The third kappa shape index (κ3) is 2.42. The summed E-state index contributed by atoms with van der Waals surface area (Å²) in [6.07, 6.45) is 0. The van der Waals surface area contributed by atoms with Crippen LogP contribution in [0.3, 0.4) is 0 Å². The van der Waals surface area contributed by atoms with E-state index < -0.39 is 0 Å². The van der Waals surface area contributed by atoms with Gasteiger partial charge in [0.05, 0.1) is 0 Å². The lowest BCUT2D eigenvalue weighted by atomic mass is 10.2. The molecule has 0 saturated heterocycles. The van der Waals surface area contributed by atoms with Crippen LogP contribution < -0.4 is 0 Å². The second-order valence-corrected chi connectivity index (χ2v) is 6.19. The zero-order chi connectivity index (χ0) is 14.9. The summed E-state index contributed by atoms with van der Waals surface area (Å²) in [6, 6.07) is 15.8. The van der Waals surface area contributed by atoms with Crippen molar-refractivity contribution in [1.82, 2.24) is 20.2 Å². The van der Waals surface area contributed by atoms with Gasteiger partial charge in [0, 0.05) is 21.7 Å². The average molecular weight is 327 g/mol. The molecular formula is C16H11ClN4S. The number of rotatable bonds is 3. The molecule has 0 aliphatic heterocycles. The molecule has 0 saturated carbocycles. The van der Waals surface area contributed by atoms with E-state index in [9.17, 15) is 0 Å². The fraction of sp³-hybridized carbons (Fsp3) is 0.0625. The van der Waals surface area contributed by atoms with Crippen LogP contribution in [0.1, 0.15) is 5.56 Å². The first kappa shape index (κ1) is 13.5. The molecule has 6 heteroatoms. The molecule has 0 spiro atoms. The lowest BCUT2D eigenvalue weighted by Crippen LogP contribution is -1.92. The van der Waals surface area contributed by atoms with Crippen molar-refractivity contribution >= 4 is 45.4 Å². The van der Waals surface area contributed by atoms with Crippen LogP contribution in [0.2, 0.25) is 5.02 Å². The highest BCUT2D eigenvalue weighted by Crippen LogP contribution is 2.26. The first-order valence-corrected chi connectivity index (χ1v) is 8.15. The van der Waals surface area contributed by atoms with Crippen molar-refractivity contribution in [1.29, 1.82) is 0 Å². The van der Waals surface area contributed by atoms with E-state index in [1.807, 2.05) is 48.5 Å². The Balaban J connectivity index is 1.65. The highest BCUT2D eigenvalue weighted by atomic mass is 35.5. The van der Waals surface area contributed by atoms with Gasteiger partial charge in [0.25, 0.3) is 0 Å². The van der Waals surface area contributed by atoms with Gasteiger partial charge in [0.15, 0.2) is 5.65 Å². The molecule has 4 aromatic rings. The lowest BCUT2D eigenvalue weighted by Gasteiger charge is -2.02. The summed E-state index contributed by atoms with van der Waals surface area (Å²) in [5, 5.41) is 11.0. The minimum atomic E-state index is 0.638. The summed E-state index contributed by atoms with van der Waals surface area (Å²) in [5.74, 6) is 0.715. The van der Waals surface area contributed by atoms with Crippen LogP contribution in [0.15, 0.2) is 53.7 Å². The van der Waals surface area contributed by atoms with Crippen LogP contribution >= 0.6 is 23.4 Å². The molecule has 2 aromatic heterocycles. The fourth-order valence-corrected chi connectivity index (χ4v) is 3.40. The second kappa shape index (κ2) is 5.59. The van der Waals surface area contributed by atoms with E-state index in [1.165, 1.54) is 11.8 Å². The Kier molecular flexibility index (Phi) is 3.44. The number of hydrogen-bond acceptors (Lipinski definition) is 4. The number of thioether (sulfide) groups is 1. The summed E-state index contributed by atoms with van der Waals surface area (Å²) in [4.78, 5) is 7.82. The Hall–Kier alpha value is -2.11. The van der Waals surface area contributed by atoms with Gasteiger partial charge >= 0.3 is 0 Å². The SMILES string of the molecule is Clc1ccccc1CSc1nnc2c(n1)[nH]c1ccccc12. The maximum Gasteiger partial charge on any atom is 0.211 e. The number of H-pyrrole nitrogens is 1. The number of halogens is 1. The molecule has 4 nitrogen and oxygen atoms in total. The third-order valence-corrected chi connectivity index (χ3v) is 4.67. The first-order valence-electron chi connectivity index (χ1n) is 6.78. The average Bonchev–Trinajstić information content (AvgIpc) is 2.92. The quantitative estimate of drug-likeness (QED) is 0.565. The van der Waals surface area contributed by atoms with Gasteiger partial charge in [-0.05, 0) is 17.7 Å². The molecule has 0 bridgehead atoms. The molecule has 0 atom stereocenters. The van der Waals surface area contributed by atoms with Crippen molar-refractivity contribution in [2.75, 3.05) is 0 Å². The molecule has 0 radical (unpaired) electrons. The summed E-state index contributed by atoms with van der Waals surface area (Å²) >= 11 is 7.69. The number of para-hydroxylation sites is 1. The molecule has 108 valence electrons.